The predicted octanol–water partition coefficient (Wildman–Crippen LogP) is 4.01. The van der Waals surface area contributed by atoms with Crippen LogP contribution in [0.5, 0.6) is 5.75 Å². The molecule has 2 amide bonds. The van der Waals surface area contributed by atoms with Gasteiger partial charge in [-0.3, -0.25) is 9.59 Å². The Balaban J connectivity index is 2.12. The normalized spacial score (nSPS) is 12.7. The molecule has 0 spiro atoms. The number of ether oxygens (including phenoxy) is 1. The van der Waals surface area contributed by atoms with Gasteiger partial charge < -0.3 is 15.0 Å². The van der Waals surface area contributed by atoms with E-state index in [9.17, 15) is 9.59 Å². The van der Waals surface area contributed by atoms with Gasteiger partial charge in [-0.05, 0) is 62.9 Å². The van der Waals surface area contributed by atoms with Gasteiger partial charge in [0.05, 0.1) is 0 Å². The van der Waals surface area contributed by atoms with Crippen molar-refractivity contribution in [2.45, 2.75) is 59.7 Å². The van der Waals surface area contributed by atoms with Crippen molar-refractivity contribution < 1.29 is 14.3 Å². The van der Waals surface area contributed by atoms with Crippen LogP contribution in [0, 0.1) is 13.8 Å². The van der Waals surface area contributed by atoms with E-state index >= 15 is 0 Å². The number of aryl methyl sites for hydroxylation is 2. The van der Waals surface area contributed by atoms with Crippen LogP contribution in [0.3, 0.4) is 0 Å². The first-order valence-electron chi connectivity index (χ1n) is 10.2. The SMILES string of the molecule is CC[C@@H](C)NC(=O)[C@@H](C)N(Cc1ccccc1)C(=O)COc1ccc(C)c(C)c1. The maximum atomic E-state index is 13.0. The van der Waals surface area contributed by atoms with Gasteiger partial charge in [-0.1, -0.05) is 43.3 Å². The summed E-state index contributed by atoms with van der Waals surface area (Å²) in [5.74, 6) is 0.270. The van der Waals surface area contributed by atoms with Crippen molar-refractivity contribution in [3.63, 3.8) is 0 Å². The van der Waals surface area contributed by atoms with Gasteiger partial charge in [-0.2, -0.15) is 0 Å². The Morgan fingerprint density at radius 3 is 2.34 bits per heavy atom. The molecule has 0 bridgehead atoms. The van der Waals surface area contributed by atoms with Gasteiger partial charge in [0.1, 0.15) is 11.8 Å². The molecule has 5 nitrogen and oxygen atoms in total. The molecule has 0 saturated heterocycles. The summed E-state index contributed by atoms with van der Waals surface area (Å²) in [5, 5.41) is 2.96. The summed E-state index contributed by atoms with van der Waals surface area (Å²) in [7, 11) is 0. The molecule has 2 aromatic rings. The summed E-state index contributed by atoms with van der Waals surface area (Å²) in [5.41, 5.74) is 3.25. The number of nitrogens with one attached hydrogen (secondary N) is 1. The average Bonchev–Trinajstić information content (AvgIpc) is 2.72. The molecule has 0 aromatic heterocycles. The third-order valence-corrected chi connectivity index (χ3v) is 5.20. The van der Waals surface area contributed by atoms with Crippen molar-refractivity contribution in [2.24, 2.45) is 0 Å². The average molecular weight is 397 g/mol. The number of benzene rings is 2. The molecule has 0 heterocycles. The lowest BCUT2D eigenvalue weighted by molar-refractivity contribution is -0.142. The fourth-order valence-electron chi connectivity index (χ4n) is 2.86. The molecule has 1 N–H and O–H groups in total. The van der Waals surface area contributed by atoms with E-state index in [-0.39, 0.29) is 24.5 Å². The molecule has 2 rings (SSSR count). The van der Waals surface area contributed by atoms with Gasteiger partial charge >= 0.3 is 0 Å². The fourth-order valence-corrected chi connectivity index (χ4v) is 2.86. The van der Waals surface area contributed by atoms with Crippen molar-refractivity contribution in [2.75, 3.05) is 6.61 Å². The largest absolute Gasteiger partial charge is 0.484 e. The van der Waals surface area contributed by atoms with Gasteiger partial charge in [0.25, 0.3) is 5.91 Å². The first kappa shape index (κ1) is 22.5. The van der Waals surface area contributed by atoms with Gasteiger partial charge in [-0.25, -0.2) is 0 Å². The topological polar surface area (TPSA) is 58.6 Å². The standard InChI is InChI=1S/C24H32N2O3/c1-6-19(4)25-24(28)20(5)26(15-21-10-8-7-9-11-21)23(27)16-29-22-13-12-17(2)18(3)14-22/h7-14,19-20H,6,15-16H2,1-5H3,(H,25,28)/t19-,20-/m1/s1. The number of carbonyl (C=O) groups is 2. The van der Waals surface area contributed by atoms with E-state index in [0.29, 0.717) is 12.3 Å². The minimum atomic E-state index is -0.597. The Kier molecular flexibility index (Phi) is 8.25. The Bertz CT molecular complexity index is 820. The zero-order valence-corrected chi connectivity index (χ0v) is 18.1. The summed E-state index contributed by atoms with van der Waals surface area (Å²) in [6.07, 6.45) is 0.834. The van der Waals surface area contributed by atoms with Crippen molar-refractivity contribution in [3.8, 4) is 5.75 Å². The van der Waals surface area contributed by atoms with Crippen LogP contribution in [0.1, 0.15) is 43.9 Å². The third kappa shape index (κ3) is 6.63. The second-order valence-corrected chi connectivity index (χ2v) is 7.54. The monoisotopic (exact) mass is 396 g/mol. The number of hydrogen-bond donors (Lipinski definition) is 1. The fraction of sp³-hybridized carbons (Fsp3) is 0.417. The van der Waals surface area contributed by atoms with Crippen molar-refractivity contribution in [1.82, 2.24) is 10.2 Å². The van der Waals surface area contributed by atoms with Gasteiger partial charge in [0.15, 0.2) is 6.61 Å². The van der Waals surface area contributed by atoms with Gasteiger partial charge in [0, 0.05) is 12.6 Å². The van der Waals surface area contributed by atoms with Crippen LogP contribution in [-0.4, -0.2) is 35.4 Å². The minimum absolute atomic E-state index is 0.0606. The number of nitrogens with zero attached hydrogens (tertiary/aromatic N) is 1. The smallest absolute Gasteiger partial charge is 0.261 e. The summed E-state index contributed by atoms with van der Waals surface area (Å²) in [6.45, 7) is 10.0. The van der Waals surface area contributed by atoms with Gasteiger partial charge in [-0.15, -0.1) is 0 Å². The molecule has 0 aliphatic carbocycles. The molecule has 156 valence electrons. The second kappa shape index (κ2) is 10.6. The molecular formula is C24H32N2O3. The quantitative estimate of drug-likeness (QED) is 0.697. The van der Waals surface area contributed by atoms with Gasteiger partial charge in [0.2, 0.25) is 5.91 Å². The van der Waals surface area contributed by atoms with E-state index in [2.05, 4.69) is 5.32 Å². The summed E-state index contributed by atoms with van der Waals surface area (Å²) < 4.78 is 5.73. The molecule has 0 saturated carbocycles. The lowest BCUT2D eigenvalue weighted by Gasteiger charge is -2.29. The van der Waals surface area contributed by atoms with E-state index < -0.39 is 6.04 Å². The van der Waals surface area contributed by atoms with Crippen molar-refractivity contribution >= 4 is 11.8 Å². The maximum absolute atomic E-state index is 13.0. The molecule has 2 atom stereocenters. The zero-order chi connectivity index (χ0) is 21.4. The molecule has 2 aromatic carbocycles. The van der Waals surface area contributed by atoms with Crippen molar-refractivity contribution in [3.05, 3.63) is 65.2 Å². The Morgan fingerprint density at radius 1 is 1.03 bits per heavy atom. The van der Waals surface area contributed by atoms with Crippen LogP contribution >= 0.6 is 0 Å². The minimum Gasteiger partial charge on any atom is -0.484 e. The van der Waals surface area contributed by atoms with Crippen molar-refractivity contribution in [1.29, 1.82) is 0 Å². The Morgan fingerprint density at radius 2 is 1.72 bits per heavy atom. The van der Waals surface area contributed by atoms with Crippen LogP contribution < -0.4 is 10.1 Å². The maximum Gasteiger partial charge on any atom is 0.261 e. The first-order valence-corrected chi connectivity index (χ1v) is 10.2. The lowest BCUT2D eigenvalue weighted by atomic mass is 10.1. The van der Waals surface area contributed by atoms with E-state index in [1.54, 1.807) is 11.8 Å². The second-order valence-electron chi connectivity index (χ2n) is 7.54. The number of amides is 2. The molecule has 0 aliphatic heterocycles. The molecule has 0 radical (unpaired) electrons. The number of rotatable bonds is 9. The molecule has 5 heteroatoms. The van der Waals surface area contributed by atoms with Crippen LogP contribution in [-0.2, 0) is 16.1 Å². The molecular weight excluding hydrogens is 364 g/mol. The highest BCUT2D eigenvalue weighted by atomic mass is 16.5. The van der Waals surface area contributed by atoms with E-state index in [4.69, 9.17) is 4.74 Å². The molecule has 29 heavy (non-hydrogen) atoms. The first-order chi connectivity index (χ1) is 13.8. The van der Waals surface area contributed by atoms with Crippen LogP contribution in [0.2, 0.25) is 0 Å². The Labute approximate surface area is 174 Å². The lowest BCUT2D eigenvalue weighted by Crippen LogP contribution is -2.50. The van der Waals surface area contributed by atoms with E-state index in [0.717, 1.165) is 17.5 Å². The molecule has 0 aliphatic rings. The number of carbonyl (C=O) groups excluding carboxylic acids is 2. The highest BCUT2D eigenvalue weighted by Gasteiger charge is 2.27. The molecule has 0 fully saturated rings. The molecule has 0 unspecified atom stereocenters. The highest BCUT2D eigenvalue weighted by Crippen LogP contribution is 2.17. The summed E-state index contributed by atoms with van der Waals surface area (Å²) >= 11 is 0. The van der Waals surface area contributed by atoms with E-state index in [1.807, 2.05) is 76.2 Å². The van der Waals surface area contributed by atoms with Crippen LogP contribution in [0.15, 0.2) is 48.5 Å². The number of hydrogen-bond acceptors (Lipinski definition) is 3. The van der Waals surface area contributed by atoms with Crippen LogP contribution in [0.4, 0.5) is 0 Å². The van der Waals surface area contributed by atoms with Crippen LogP contribution in [0.25, 0.3) is 0 Å². The summed E-state index contributed by atoms with van der Waals surface area (Å²) in [4.78, 5) is 27.2. The highest BCUT2D eigenvalue weighted by molar-refractivity contribution is 5.88. The van der Waals surface area contributed by atoms with E-state index in [1.165, 1.54) is 5.56 Å². The summed E-state index contributed by atoms with van der Waals surface area (Å²) in [6, 6.07) is 14.9. The Hall–Kier alpha value is -2.82. The third-order valence-electron chi connectivity index (χ3n) is 5.20. The zero-order valence-electron chi connectivity index (χ0n) is 18.1. The predicted molar refractivity (Wildman–Crippen MR) is 116 cm³/mol.